The molecule has 1 heterocycles. The normalized spacial score (nSPS) is 13.3. The Labute approximate surface area is 79.1 Å². The van der Waals surface area contributed by atoms with Gasteiger partial charge in [-0.05, 0) is 15.8 Å². The summed E-state index contributed by atoms with van der Waals surface area (Å²) < 4.78 is 36.7. The van der Waals surface area contributed by atoms with E-state index >= 15 is 0 Å². The maximum Gasteiger partial charge on any atom is 0.507 e. The molecule has 0 unspecified atom stereocenters. The van der Waals surface area contributed by atoms with E-state index < -0.39 is 6.30 Å². The molecule has 14 heavy (non-hydrogen) atoms. The Morgan fingerprint density at radius 2 is 1.79 bits per heavy atom. The Balaban J connectivity index is 2.95. The highest BCUT2D eigenvalue weighted by molar-refractivity contribution is 4.87. The third-order valence-corrected chi connectivity index (χ3v) is 1.46. The van der Waals surface area contributed by atoms with Crippen LogP contribution in [0.1, 0.15) is 26.6 Å². The molecule has 1 aromatic heterocycles. The van der Waals surface area contributed by atoms with Crippen LogP contribution in [0.5, 0.6) is 0 Å². The van der Waals surface area contributed by atoms with E-state index in [0.29, 0.717) is 0 Å². The second kappa shape index (κ2) is 3.21. The number of aromatic nitrogens is 4. The molecule has 0 fully saturated rings. The summed E-state index contributed by atoms with van der Waals surface area (Å²) in [6, 6.07) is 0. The molecule has 80 valence electrons. The molecule has 0 amide bonds. The van der Waals surface area contributed by atoms with Crippen molar-refractivity contribution in [2.45, 2.75) is 33.5 Å². The zero-order valence-electron chi connectivity index (χ0n) is 8.13. The van der Waals surface area contributed by atoms with Gasteiger partial charge >= 0.3 is 6.30 Å². The molecule has 1 rings (SSSR count). The first kappa shape index (κ1) is 10.9. The van der Waals surface area contributed by atoms with Crippen LogP contribution >= 0.6 is 0 Å². The van der Waals surface area contributed by atoms with E-state index in [4.69, 9.17) is 0 Å². The first-order chi connectivity index (χ1) is 6.20. The molecular formula is C7H11F3N4. The summed E-state index contributed by atoms with van der Waals surface area (Å²) in [6.45, 7) is 5.47. The molecule has 0 bridgehead atoms. The van der Waals surface area contributed by atoms with Crippen molar-refractivity contribution in [3.05, 3.63) is 5.82 Å². The van der Waals surface area contributed by atoms with Crippen molar-refractivity contribution in [2.75, 3.05) is 0 Å². The van der Waals surface area contributed by atoms with Crippen molar-refractivity contribution in [3.8, 4) is 0 Å². The molecule has 0 aliphatic heterocycles. The summed E-state index contributed by atoms with van der Waals surface area (Å²) in [5, 5.41) is 9.27. The van der Waals surface area contributed by atoms with E-state index in [-0.39, 0.29) is 22.3 Å². The summed E-state index contributed by atoms with van der Waals surface area (Å²) in [5.41, 5.74) is -0.280. The van der Waals surface area contributed by atoms with E-state index in [0.717, 1.165) is 0 Å². The van der Waals surface area contributed by atoms with Crippen LogP contribution in [-0.4, -0.2) is 20.2 Å². The van der Waals surface area contributed by atoms with Gasteiger partial charge in [-0.2, -0.15) is 0 Å². The number of hydrogen-bond acceptors (Lipinski definition) is 3. The highest BCUT2D eigenvalue weighted by atomic mass is 19.4. The molecule has 0 saturated heterocycles. The van der Waals surface area contributed by atoms with Gasteiger partial charge in [-0.3, -0.25) is 0 Å². The van der Waals surface area contributed by atoms with Crippen molar-refractivity contribution in [3.63, 3.8) is 0 Å². The largest absolute Gasteiger partial charge is 0.507 e. The molecule has 0 aromatic carbocycles. The van der Waals surface area contributed by atoms with Crippen LogP contribution in [-0.2, 0) is 12.7 Å². The smallest absolute Gasteiger partial charge is 0.149 e. The Bertz CT molecular complexity index is 309. The lowest BCUT2D eigenvalue weighted by Crippen LogP contribution is -2.24. The van der Waals surface area contributed by atoms with Crippen LogP contribution < -0.4 is 0 Å². The van der Waals surface area contributed by atoms with Gasteiger partial charge in [0.05, 0.1) is 0 Å². The lowest BCUT2D eigenvalue weighted by atomic mass is 9.92. The van der Waals surface area contributed by atoms with Gasteiger partial charge in [0, 0.05) is 6.42 Å². The van der Waals surface area contributed by atoms with Crippen LogP contribution in [0, 0.1) is 5.41 Å². The Kier molecular flexibility index (Phi) is 2.51. The Morgan fingerprint density at radius 3 is 2.21 bits per heavy atom. The molecular weight excluding hydrogens is 197 g/mol. The second-order valence-corrected chi connectivity index (χ2v) is 4.21. The molecule has 0 aliphatic carbocycles. The first-order valence-electron chi connectivity index (χ1n) is 4.04. The lowest BCUT2D eigenvalue weighted by molar-refractivity contribution is -0.215. The average Bonchev–Trinajstić information content (AvgIpc) is 2.29. The predicted molar refractivity (Wildman–Crippen MR) is 42.3 cm³/mol. The summed E-state index contributed by atoms with van der Waals surface area (Å²) in [6.07, 6.45) is -4.36. The number of tetrazole rings is 1. The van der Waals surface area contributed by atoms with Crippen LogP contribution in [0.4, 0.5) is 13.2 Å². The van der Waals surface area contributed by atoms with Crippen LogP contribution in [0.15, 0.2) is 0 Å². The summed E-state index contributed by atoms with van der Waals surface area (Å²) in [4.78, 5) is 0. The SMILES string of the molecule is CC(C)(C)Cc1nnnn1C(F)(F)F. The van der Waals surface area contributed by atoms with Gasteiger partial charge in [-0.25, -0.2) is 0 Å². The number of hydrogen-bond donors (Lipinski definition) is 0. The molecule has 0 radical (unpaired) electrons. The minimum absolute atomic E-state index is 0.0990. The van der Waals surface area contributed by atoms with Crippen LogP contribution in [0.3, 0.4) is 0 Å². The Morgan fingerprint density at radius 1 is 1.21 bits per heavy atom. The van der Waals surface area contributed by atoms with Gasteiger partial charge in [0.2, 0.25) is 0 Å². The van der Waals surface area contributed by atoms with Crippen molar-refractivity contribution in [2.24, 2.45) is 5.41 Å². The van der Waals surface area contributed by atoms with E-state index in [2.05, 4.69) is 15.5 Å². The zero-order chi connectivity index (χ0) is 11.0. The van der Waals surface area contributed by atoms with E-state index in [9.17, 15) is 13.2 Å². The molecule has 0 spiro atoms. The van der Waals surface area contributed by atoms with Crippen LogP contribution in [0.25, 0.3) is 0 Å². The Hall–Kier alpha value is -1.14. The van der Waals surface area contributed by atoms with E-state index in [1.807, 2.05) is 20.8 Å². The second-order valence-electron chi connectivity index (χ2n) is 4.21. The topological polar surface area (TPSA) is 43.6 Å². The molecule has 0 N–H and O–H groups in total. The molecule has 7 heteroatoms. The van der Waals surface area contributed by atoms with Gasteiger partial charge in [0.1, 0.15) is 0 Å². The van der Waals surface area contributed by atoms with Crippen molar-refractivity contribution < 1.29 is 13.2 Å². The molecule has 0 saturated carbocycles. The lowest BCUT2D eigenvalue weighted by Gasteiger charge is -2.17. The molecule has 4 nitrogen and oxygen atoms in total. The highest BCUT2D eigenvalue weighted by Gasteiger charge is 2.36. The van der Waals surface area contributed by atoms with Gasteiger partial charge in [-0.1, -0.05) is 20.8 Å². The monoisotopic (exact) mass is 208 g/mol. The fourth-order valence-corrected chi connectivity index (χ4v) is 0.987. The standard InChI is InChI=1S/C7H11F3N4/c1-6(2,3)4-5-11-12-13-14(5)7(8,9)10/h4H2,1-3H3. The predicted octanol–water partition coefficient (Wildman–Crippen LogP) is 1.74. The minimum Gasteiger partial charge on any atom is -0.149 e. The van der Waals surface area contributed by atoms with Crippen LogP contribution in [0.2, 0.25) is 0 Å². The summed E-state index contributed by atoms with van der Waals surface area (Å²) >= 11 is 0. The minimum atomic E-state index is -4.54. The number of alkyl halides is 3. The third-order valence-electron chi connectivity index (χ3n) is 1.46. The fourth-order valence-electron chi connectivity index (χ4n) is 0.987. The first-order valence-corrected chi connectivity index (χ1v) is 4.04. The van der Waals surface area contributed by atoms with Gasteiger partial charge in [0.15, 0.2) is 5.82 Å². The molecule has 0 aliphatic rings. The van der Waals surface area contributed by atoms with Crippen molar-refractivity contribution in [1.82, 2.24) is 20.2 Å². The quantitative estimate of drug-likeness (QED) is 0.706. The summed E-state index contributed by atoms with van der Waals surface area (Å²) in [7, 11) is 0. The molecule has 0 atom stereocenters. The fraction of sp³-hybridized carbons (Fsp3) is 0.857. The van der Waals surface area contributed by atoms with Crippen molar-refractivity contribution in [1.29, 1.82) is 0 Å². The van der Waals surface area contributed by atoms with Gasteiger partial charge < -0.3 is 0 Å². The maximum atomic E-state index is 12.3. The van der Waals surface area contributed by atoms with E-state index in [1.54, 1.807) is 0 Å². The zero-order valence-corrected chi connectivity index (χ0v) is 8.13. The van der Waals surface area contributed by atoms with E-state index in [1.165, 1.54) is 0 Å². The van der Waals surface area contributed by atoms with Gasteiger partial charge in [-0.15, -0.1) is 23.0 Å². The number of nitrogens with zero attached hydrogens (tertiary/aromatic N) is 4. The molecule has 1 aromatic rings. The number of rotatable bonds is 1. The maximum absolute atomic E-state index is 12.3. The highest BCUT2D eigenvalue weighted by Crippen LogP contribution is 2.25. The number of halogens is 3. The van der Waals surface area contributed by atoms with Gasteiger partial charge in [0.25, 0.3) is 0 Å². The average molecular weight is 208 g/mol. The van der Waals surface area contributed by atoms with Crippen molar-refractivity contribution >= 4 is 0 Å². The summed E-state index contributed by atoms with van der Waals surface area (Å²) in [5.74, 6) is -0.162. The third kappa shape index (κ3) is 2.68.